The van der Waals surface area contributed by atoms with Gasteiger partial charge in [0, 0.05) is 22.7 Å². The molecule has 0 amide bonds. The molecule has 1 atom stereocenters. The Morgan fingerprint density at radius 1 is 1.26 bits per heavy atom. The molecular formula is C15H15I3O5. The number of halogens is 3. The molecule has 23 heavy (non-hydrogen) atoms. The number of carbonyl (C=O) groups excluding carboxylic acids is 2. The SMILES string of the molecule is C=C(C)C(=O)OCCC(O)COC(=O)c1cc(I)cc(I)c1I. The first-order valence-electron chi connectivity index (χ1n) is 6.54. The van der Waals surface area contributed by atoms with E-state index in [-0.39, 0.29) is 19.6 Å². The third-order valence-electron chi connectivity index (χ3n) is 2.65. The fourth-order valence-electron chi connectivity index (χ4n) is 1.45. The number of benzene rings is 1. The van der Waals surface area contributed by atoms with Crippen molar-refractivity contribution in [2.75, 3.05) is 13.2 Å². The van der Waals surface area contributed by atoms with Crippen molar-refractivity contribution in [2.24, 2.45) is 0 Å². The Morgan fingerprint density at radius 3 is 2.52 bits per heavy atom. The summed E-state index contributed by atoms with van der Waals surface area (Å²) in [7, 11) is 0. The van der Waals surface area contributed by atoms with Gasteiger partial charge in [-0.3, -0.25) is 0 Å². The van der Waals surface area contributed by atoms with Crippen LogP contribution in [0.5, 0.6) is 0 Å². The second kappa shape index (κ2) is 10.1. The molecule has 1 aromatic carbocycles. The Morgan fingerprint density at radius 2 is 1.91 bits per heavy atom. The minimum Gasteiger partial charge on any atom is -0.462 e. The van der Waals surface area contributed by atoms with E-state index >= 15 is 0 Å². The second-order valence-electron chi connectivity index (χ2n) is 4.71. The smallest absolute Gasteiger partial charge is 0.339 e. The van der Waals surface area contributed by atoms with Gasteiger partial charge in [0.1, 0.15) is 6.61 Å². The Bertz CT molecular complexity index is 615. The van der Waals surface area contributed by atoms with Crippen LogP contribution >= 0.6 is 67.8 Å². The Labute approximate surface area is 175 Å². The van der Waals surface area contributed by atoms with Gasteiger partial charge in [0.05, 0.1) is 18.3 Å². The minimum absolute atomic E-state index is 0.0447. The Balaban J connectivity index is 2.47. The molecule has 1 N–H and O–H groups in total. The average molecular weight is 656 g/mol. The van der Waals surface area contributed by atoms with Crippen molar-refractivity contribution >= 4 is 79.7 Å². The number of carbonyl (C=O) groups is 2. The molecule has 8 heteroatoms. The van der Waals surface area contributed by atoms with E-state index in [9.17, 15) is 14.7 Å². The van der Waals surface area contributed by atoms with E-state index < -0.39 is 18.0 Å². The zero-order chi connectivity index (χ0) is 17.6. The van der Waals surface area contributed by atoms with Crippen molar-refractivity contribution in [3.05, 3.63) is 40.6 Å². The minimum atomic E-state index is -0.892. The fourth-order valence-corrected chi connectivity index (χ4v) is 3.82. The predicted molar refractivity (Wildman–Crippen MR) is 111 cm³/mol. The third-order valence-corrected chi connectivity index (χ3v) is 6.32. The van der Waals surface area contributed by atoms with E-state index in [2.05, 4.69) is 74.4 Å². The van der Waals surface area contributed by atoms with E-state index in [1.165, 1.54) is 0 Å². The highest BCUT2D eigenvalue weighted by Gasteiger charge is 2.17. The van der Waals surface area contributed by atoms with Crippen LogP contribution in [0.4, 0.5) is 0 Å². The normalized spacial score (nSPS) is 11.7. The molecule has 0 bridgehead atoms. The maximum atomic E-state index is 12.1. The van der Waals surface area contributed by atoms with Crippen molar-refractivity contribution in [3.8, 4) is 0 Å². The summed E-state index contributed by atoms with van der Waals surface area (Å²) in [6.07, 6.45) is -0.704. The highest BCUT2D eigenvalue weighted by molar-refractivity contribution is 14.1. The largest absolute Gasteiger partial charge is 0.462 e. The van der Waals surface area contributed by atoms with Crippen LogP contribution in [0, 0.1) is 10.7 Å². The summed E-state index contributed by atoms with van der Waals surface area (Å²) in [5, 5.41) is 9.78. The van der Waals surface area contributed by atoms with Crippen LogP contribution < -0.4 is 0 Å². The molecule has 0 aromatic heterocycles. The first-order valence-corrected chi connectivity index (χ1v) is 9.78. The standard InChI is InChI=1S/C15H15I3O5/c1-8(2)14(20)22-4-3-10(19)7-23-15(21)11-5-9(16)6-12(17)13(11)18/h5-6,10,19H,1,3-4,7H2,2H3. The van der Waals surface area contributed by atoms with Gasteiger partial charge < -0.3 is 14.6 Å². The van der Waals surface area contributed by atoms with Gasteiger partial charge in [-0.05, 0) is 86.8 Å². The molecule has 0 spiro atoms. The fraction of sp³-hybridized carbons (Fsp3) is 0.333. The van der Waals surface area contributed by atoms with Gasteiger partial charge in [-0.25, -0.2) is 9.59 Å². The molecular weight excluding hydrogens is 641 g/mol. The van der Waals surface area contributed by atoms with Crippen molar-refractivity contribution in [3.63, 3.8) is 0 Å². The third kappa shape index (κ3) is 7.22. The molecule has 1 unspecified atom stereocenters. The molecule has 126 valence electrons. The van der Waals surface area contributed by atoms with E-state index in [1.807, 2.05) is 6.07 Å². The molecule has 0 aliphatic heterocycles. The highest BCUT2D eigenvalue weighted by Crippen LogP contribution is 2.23. The van der Waals surface area contributed by atoms with Crippen molar-refractivity contribution < 1.29 is 24.2 Å². The highest BCUT2D eigenvalue weighted by atomic mass is 127. The van der Waals surface area contributed by atoms with Crippen LogP contribution in [0.25, 0.3) is 0 Å². The first kappa shape index (κ1) is 21.1. The summed E-state index contributed by atoms with van der Waals surface area (Å²) in [5.41, 5.74) is 0.775. The van der Waals surface area contributed by atoms with E-state index in [1.54, 1.807) is 13.0 Å². The van der Waals surface area contributed by atoms with E-state index in [4.69, 9.17) is 9.47 Å². The Kier molecular flexibility index (Phi) is 9.29. The molecule has 0 radical (unpaired) electrons. The maximum absolute atomic E-state index is 12.1. The number of ether oxygens (including phenoxy) is 2. The van der Waals surface area contributed by atoms with Crippen LogP contribution in [0.1, 0.15) is 23.7 Å². The first-order chi connectivity index (χ1) is 10.7. The molecule has 5 nitrogen and oxygen atoms in total. The van der Waals surface area contributed by atoms with Gasteiger partial charge in [-0.15, -0.1) is 0 Å². The Hall–Kier alpha value is 0.0500. The summed E-state index contributed by atoms with van der Waals surface area (Å²) >= 11 is 6.38. The van der Waals surface area contributed by atoms with E-state index in [0.717, 1.165) is 10.7 Å². The predicted octanol–water partition coefficient (Wildman–Crippen LogP) is 3.53. The lowest BCUT2D eigenvalue weighted by molar-refractivity contribution is -0.139. The number of esters is 2. The topological polar surface area (TPSA) is 72.8 Å². The van der Waals surface area contributed by atoms with Gasteiger partial charge in [-0.1, -0.05) is 6.58 Å². The van der Waals surface area contributed by atoms with Gasteiger partial charge in [0.25, 0.3) is 0 Å². The maximum Gasteiger partial charge on any atom is 0.339 e. The van der Waals surface area contributed by atoms with Gasteiger partial charge in [0.15, 0.2) is 0 Å². The lowest BCUT2D eigenvalue weighted by atomic mass is 10.2. The lowest BCUT2D eigenvalue weighted by Gasteiger charge is -2.13. The molecule has 0 saturated heterocycles. The number of hydrogen-bond acceptors (Lipinski definition) is 5. The summed E-state index contributed by atoms with van der Waals surface area (Å²) in [6.45, 7) is 4.90. The van der Waals surface area contributed by atoms with E-state index in [0.29, 0.717) is 11.1 Å². The molecule has 0 aliphatic rings. The van der Waals surface area contributed by atoms with Crippen molar-refractivity contribution in [2.45, 2.75) is 19.4 Å². The van der Waals surface area contributed by atoms with Gasteiger partial charge in [-0.2, -0.15) is 0 Å². The average Bonchev–Trinajstić information content (AvgIpc) is 2.48. The van der Waals surface area contributed by atoms with Crippen LogP contribution in [0.3, 0.4) is 0 Å². The molecule has 0 heterocycles. The van der Waals surface area contributed by atoms with Crippen LogP contribution in [-0.4, -0.2) is 36.4 Å². The van der Waals surface area contributed by atoms with Crippen molar-refractivity contribution in [1.29, 1.82) is 0 Å². The summed E-state index contributed by atoms with van der Waals surface area (Å²) < 4.78 is 12.7. The van der Waals surface area contributed by atoms with Gasteiger partial charge in [0.2, 0.25) is 0 Å². The van der Waals surface area contributed by atoms with Crippen LogP contribution in [0.15, 0.2) is 24.3 Å². The lowest BCUT2D eigenvalue weighted by Crippen LogP contribution is -2.22. The monoisotopic (exact) mass is 656 g/mol. The number of aliphatic hydroxyl groups is 1. The zero-order valence-electron chi connectivity index (χ0n) is 12.3. The molecule has 0 saturated carbocycles. The molecule has 0 aliphatic carbocycles. The molecule has 1 aromatic rings. The number of hydrogen-bond donors (Lipinski definition) is 1. The summed E-state index contributed by atoms with van der Waals surface area (Å²) in [5.74, 6) is -0.985. The zero-order valence-corrected chi connectivity index (χ0v) is 18.7. The summed E-state index contributed by atoms with van der Waals surface area (Å²) in [4.78, 5) is 23.3. The molecule has 0 fully saturated rings. The quantitative estimate of drug-likeness (QED) is 0.211. The molecule has 1 rings (SSSR count). The summed E-state index contributed by atoms with van der Waals surface area (Å²) in [6, 6.07) is 3.71. The van der Waals surface area contributed by atoms with Crippen LogP contribution in [0.2, 0.25) is 0 Å². The van der Waals surface area contributed by atoms with Gasteiger partial charge >= 0.3 is 11.9 Å². The second-order valence-corrected chi connectivity index (χ2v) is 8.19. The van der Waals surface area contributed by atoms with Crippen molar-refractivity contribution in [1.82, 2.24) is 0 Å². The van der Waals surface area contributed by atoms with Crippen LogP contribution in [-0.2, 0) is 14.3 Å². The number of aliphatic hydroxyl groups excluding tert-OH is 1. The number of rotatable bonds is 7.